The van der Waals surface area contributed by atoms with Crippen LogP contribution in [0.1, 0.15) is 50.5 Å². The fourth-order valence-corrected chi connectivity index (χ4v) is 5.68. The minimum Gasteiger partial charge on any atom is -0.378 e. The predicted octanol–water partition coefficient (Wildman–Crippen LogP) is 4.08. The lowest BCUT2D eigenvalue weighted by molar-refractivity contribution is -0.142. The van der Waals surface area contributed by atoms with Gasteiger partial charge in [0, 0.05) is 30.0 Å². The highest BCUT2D eigenvalue weighted by molar-refractivity contribution is 6.38. The van der Waals surface area contributed by atoms with Crippen molar-refractivity contribution in [2.45, 2.75) is 56.1 Å². The molecule has 3 fully saturated rings. The molecule has 1 aliphatic heterocycles. The molecule has 1 amide bonds. The summed E-state index contributed by atoms with van der Waals surface area (Å²) in [5.74, 6) is -0.614. The van der Waals surface area contributed by atoms with E-state index in [-0.39, 0.29) is 40.2 Å². The van der Waals surface area contributed by atoms with E-state index in [4.69, 9.17) is 27.9 Å². The molecule has 1 heterocycles. The van der Waals surface area contributed by atoms with Crippen molar-refractivity contribution in [1.82, 2.24) is 0 Å². The van der Waals surface area contributed by atoms with E-state index in [9.17, 15) is 14.7 Å². The summed E-state index contributed by atoms with van der Waals surface area (Å²) in [4.78, 5) is 25.7. The Kier molecular flexibility index (Phi) is 4.78. The monoisotopic (exact) mass is 411 g/mol. The molecule has 146 valence electrons. The second-order valence-electron chi connectivity index (χ2n) is 8.11. The maximum absolute atomic E-state index is 13.2. The zero-order chi connectivity index (χ0) is 19.4. The molecular formula is C20H23Cl2NO4. The van der Waals surface area contributed by atoms with Crippen molar-refractivity contribution in [2.24, 2.45) is 11.8 Å². The van der Waals surface area contributed by atoms with E-state index in [0.717, 1.165) is 38.5 Å². The van der Waals surface area contributed by atoms with E-state index in [1.165, 1.54) is 6.07 Å². The van der Waals surface area contributed by atoms with Crippen molar-refractivity contribution in [1.29, 1.82) is 0 Å². The number of halogens is 2. The first-order valence-electron chi connectivity index (χ1n) is 9.40. The third-order valence-corrected chi connectivity index (χ3v) is 7.46. The van der Waals surface area contributed by atoms with Crippen LogP contribution < -0.4 is 5.32 Å². The number of benzene rings is 1. The van der Waals surface area contributed by atoms with Gasteiger partial charge in [-0.05, 0) is 56.6 Å². The average molecular weight is 412 g/mol. The number of anilines is 1. The highest BCUT2D eigenvalue weighted by atomic mass is 35.5. The molecule has 1 aromatic rings. The van der Waals surface area contributed by atoms with Crippen LogP contribution in [0.15, 0.2) is 12.1 Å². The average Bonchev–Trinajstić information content (AvgIpc) is 2.82. The fourth-order valence-electron chi connectivity index (χ4n) is 5.16. The lowest BCUT2D eigenvalue weighted by Crippen LogP contribution is -2.39. The van der Waals surface area contributed by atoms with Crippen molar-refractivity contribution in [3.8, 4) is 0 Å². The van der Waals surface area contributed by atoms with Gasteiger partial charge in [-0.2, -0.15) is 0 Å². The molecule has 7 heteroatoms. The maximum Gasteiger partial charge on any atom is 0.261 e. The van der Waals surface area contributed by atoms with Crippen molar-refractivity contribution in [2.75, 3.05) is 12.4 Å². The molecule has 2 atom stereocenters. The topological polar surface area (TPSA) is 75.6 Å². The van der Waals surface area contributed by atoms with Crippen LogP contribution in [0.2, 0.25) is 10.0 Å². The summed E-state index contributed by atoms with van der Waals surface area (Å²) in [5.41, 5.74) is -1.58. The van der Waals surface area contributed by atoms with Gasteiger partial charge in [-0.15, -0.1) is 0 Å². The second-order valence-corrected chi connectivity index (χ2v) is 8.92. The zero-order valence-corrected chi connectivity index (χ0v) is 16.7. The molecule has 0 aromatic heterocycles. The number of methoxy groups -OCH3 is 1. The standard InChI is InChI=1S/C20H23Cl2NO4/c1-27-19-7-4-11(5-8-19)12(6-9-19)15(24)10-20(26)16-13(21)2-3-14(22)17(16)23-18(20)25/h2-3,11-12,26H,4-10H2,1H3,(H,23,25)/t11?,12?,19?,20-/m1/s1. The zero-order valence-electron chi connectivity index (χ0n) is 15.2. The number of carbonyl (C=O) groups is 2. The summed E-state index contributed by atoms with van der Waals surface area (Å²) in [6.45, 7) is 0. The number of Topliss-reactive ketones (excluding diaryl/α,β-unsaturated/α-hetero) is 1. The van der Waals surface area contributed by atoms with Crippen LogP contribution in [0.5, 0.6) is 0 Å². The Morgan fingerprint density at radius 1 is 1.22 bits per heavy atom. The molecule has 27 heavy (non-hydrogen) atoms. The Bertz CT molecular complexity index is 803. The molecule has 5 rings (SSSR count). The molecular weight excluding hydrogens is 389 g/mol. The van der Waals surface area contributed by atoms with Crippen LogP contribution in [0.3, 0.4) is 0 Å². The third-order valence-electron chi connectivity index (χ3n) is 6.83. The lowest BCUT2D eigenvalue weighted by Gasteiger charge is -2.36. The van der Waals surface area contributed by atoms with Crippen molar-refractivity contribution in [3.63, 3.8) is 0 Å². The largest absolute Gasteiger partial charge is 0.378 e. The van der Waals surface area contributed by atoms with E-state index in [1.54, 1.807) is 13.2 Å². The van der Waals surface area contributed by atoms with E-state index >= 15 is 0 Å². The first-order valence-corrected chi connectivity index (χ1v) is 10.2. The molecule has 2 bridgehead atoms. The number of amides is 1. The summed E-state index contributed by atoms with van der Waals surface area (Å²) in [6, 6.07) is 3.10. The quantitative estimate of drug-likeness (QED) is 0.782. The summed E-state index contributed by atoms with van der Waals surface area (Å²) in [5, 5.41) is 14.3. The molecule has 5 nitrogen and oxygen atoms in total. The Balaban J connectivity index is 1.61. The number of carbonyl (C=O) groups excluding carboxylic acids is 2. The minimum absolute atomic E-state index is 0.0876. The Hall–Kier alpha value is -1.14. The van der Waals surface area contributed by atoms with Gasteiger partial charge in [-0.3, -0.25) is 9.59 Å². The Morgan fingerprint density at radius 3 is 2.52 bits per heavy atom. The van der Waals surface area contributed by atoms with Crippen LogP contribution in [0.25, 0.3) is 0 Å². The van der Waals surface area contributed by atoms with E-state index in [0.29, 0.717) is 10.7 Å². The van der Waals surface area contributed by atoms with E-state index in [1.807, 2.05) is 0 Å². The van der Waals surface area contributed by atoms with Gasteiger partial charge < -0.3 is 15.2 Å². The number of hydrogen-bond acceptors (Lipinski definition) is 4. The highest BCUT2D eigenvalue weighted by Gasteiger charge is 2.51. The molecule has 0 saturated heterocycles. The predicted molar refractivity (Wildman–Crippen MR) is 103 cm³/mol. The highest BCUT2D eigenvalue weighted by Crippen LogP contribution is 2.50. The van der Waals surface area contributed by atoms with Gasteiger partial charge in [0.05, 0.1) is 16.3 Å². The Labute approximate surface area is 168 Å². The third kappa shape index (κ3) is 3.00. The molecule has 4 aliphatic rings. The smallest absolute Gasteiger partial charge is 0.261 e. The minimum atomic E-state index is -1.97. The van der Waals surface area contributed by atoms with Gasteiger partial charge in [0.1, 0.15) is 5.78 Å². The van der Waals surface area contributed by atoms with Crippen molar-refractivity contribution < 1.29 is 19.4 Å². The van der Waals surface area contributed by atoms with Crippen LogP contribution in [0.4, 0.5) is 5.69 Å². The Morgan fingerprint density at radius 2 is 1.85 bits per heavy atom. The molecule has 3 saturated carbocycles. The molecule has 1 aromatic carbocycles. The number of ketones is 1. The second kappa shape index (κ2) is 6.73. The van der Waals surface area contributed by atoms with Gasteiger partial charge in [0.25, 0.3) is 5.91 Å². The SMILES string of the molecule is COC12CCC(CC1)C(C(=O)C[C@]1(O)C(=O)Nc3c(Cl)ccc(Cl)c31)CC2. The van der Waals surface area contributed by atoms with Gasteiger partial charge in [0.15, 0.2) is 5.60 Å². The molecule has 0 spiro atoms. The van der Waals surface area contributed by atoms with Crippen LogP contribution in [-0.2, 0) is 19.9 Å². The lowest BCUT2D eigenvalue weighted by atomic mass is 9.75. The van der Waals surface area contributed by atoms with Gasteiger partial charge in [-0.1, -0.05) is 23.2 Å². The van der Waals surface area contributed by atoms with Crippen molar-refractivity contribution >= 4 is 40.6 Å². The first kappa shape index (κ1) is 19.2. The molecule has 0 radical (unpaired) electrons. The number of ether oxygens (including phenoxy) is 1. The summed E-state index contributed by atoms with van der Waals surface area (Å²) < 4.78 is 5.76. The van der Waals surface area contributed by atoms with Gasteiger partial charge >= 0.3 is 0 Å². The number of fused-ring (bicyclic) bond motifs is 5. The van der Waals surface area contributed by atoms with E-state index < -0.39 is 11.5 Å². The van der Waals surface area contributed by atoms with Gasteiger partial charge in [0.2, 0.25) is 0 Å². The van der Waals surface area contributed by atoms with E-state index in [2.05, 4.69) is 5.32 Å². The number of rotatable bonds is 4. The fraction of sp³-hybridized carbons (Fsp3) is 0.600. The molecule has 1 unspecified atom stereocenters. The summed E-state index contributed by atoms with van der Waals surface area (Å²) in [7, 11) is 1.75. The van der Waals surface area contributed by atoms with Crippen LogP contribution >= 0.6 is 23.2 Å². The normalized spacial score (nSPS) is 34.9. The number of hydrogen-bond donors (Lipinski definition) is 2. The first-order chi connectivity index (χ1) is 12.8. The maximum atomic E-state index is 13.2. The van der Waals surface area contributed by atoms with Gasteiger partial charge in [-0.25, -0.2) is 0 Å². The van der Waals surface area contributed by atoms with Crippen molar-refractivity contribution in [3.05, 3.63) is 27.7 Å². The summed E-state index contributed by atoms with van der Waals surface area (Å²) in [6.07, 6.45) is 5.10. The number of aliphatic hydroxyl groups is 1. The van der Waals surface area contributed by atoms with Crippen LogP contribution in [0, 0.1) is 11.8 Å². The number of nitrogens with one attached hydrogen (secondary N) is 1. The molecule has 3 aliphatic carbocycles. The summed E-state index contributed by atoms with van der Waals surface area (Å²) >= 11 is 12.4. The molecule has 2 N–H and O–H groups in total. The van der Waals surface area contributed by atoms with Crippen LogP contribution in [-0.4, -0.2) is 29.5 Å².